The van der Waals surface area contributed by atoms with Gasteiger partial charge < -0.3 is 10.1 Å². The first-order chi connectivity index (χ1) is 11.0. The van der Waals surface area contributed by atoms with Crippen LogP contribution in [0.15, 0.2) is 11.1 Å². The van der Waals surface area contributed by atoms with Gasteiger partial charge in [0.25, 0.3) is 11.5 Å². The zero-order chi connectivity index (χ0) is 17.0. The lowest BCUT2D eigenvalue weighted by atomic mass is 10.2. The number of carbonyl (C=O) groups excluding carboxylic acids is 1. The maximum atomic E-state index is 12.6. The van der Waals surface area contributed by atoms with Crippen LogP contribution >= 0.6 is 11.3 Å². The van der Waals surface area contributed by atoms with Crippen LogP contribution in [0.1, 0.15) is 42.4 Å². The van der Waals surface area contributed by atoms with Gasteiger partial charge >= 0.3 is 0 Å². The minimum absolute atomic E-state index is 0.0999. The number of aromatic nitrogens is 2. The summed E-state index contributed by atoms with van der Waals surface area (Å²) in [5, 5.41) is 3.47. The van der Waals surface area contributed by atoms with Crippen LogP contribution in [0.5, 0.6) is 0 Å². The third-order valence-corrected chi connectivity index (χ3v) is 4.99. The Morgan fingerprint density at radius 2 is 2.22 bits per heavy atom. The minimum Gasteiger partial charge on any atom is -0.380 e. The Bertz CT molecular complexity index is 751. The van der Waals surface area contributed by atoms with Gasteiger partial charge in [-0.3, -0.25) is 14.2 Å². The van der Waals surface area contributed by atoms with E-state index in [1.165, 1.54) is 22.2 Å². The second kappa shape index (κ2) is 7.70. The van der Waals surface area contributed by atoms with E-state index in [2.05, 4.69) is 10.3 Å². The van der Waals surface area contributed by atoms with Gasteiger partial charge in [0.15, 0.2) is 0 Å². The molecule has 1 atom stereocenters. The number of amides is 1. The van der Waals surface area contributed by atoms with Crippen LogP contribution in [0.2, 0.25) is 0 Å². The molecule has 0 aliphatic rings. The fraction of sp³-hybridized carbons (Fsp3) is 0.562. The number of hydrogen-bond donors (Lipinski definition) is 1. The van der Waals surface area contributed by atoms with Crippen molar-refractivity contribution in [3.63, 3.8) is 0 Å². The van der Waals surface area contributed by atoms with Crippen molar-refractivity contribution in [2.45, 2.75) is 46.7 Å². The summed E-state index contributed by atoms with van der Waals surface area (Å²) in [6.07, 6.45) is 2.38. The number of nitrogens with one attached hydrogen (secondary N) is 1. The fourth-order valence-electron chi connectivity index (χ4n) is 2.23. The highest BCUT2D eigenvalue weighted by Gasteiger charge is 2.20. The topological polar surface area (TPSA) is 73.2 Å². The van der Waals surface area contributed by atoms with E-state index in [9.17, 15) is 9.59 Å². The first-order valence-corrected chi connectivity index (χ1v) is 8.68. The molecular formula is C16H23N3O3S. The normalized spacial score (nSPS) is 12.5. The van der Waals surface area contributed by atoms with E-state index in [1.54, 1.807) is 6.92 Å². The van der Waals surface area contributed by atoms with Crippen molar-refractivity contribution < 1.29 is 9.53 Å². The molecule has 2 aromatic rings. The van der Waals surface area contributed by atoms with E-state index in [0.29, 0.717) is 40.4 Å². The Labute approximate surface area is 139 Å². The smallest absolute Gasteiger partial charge is 0.262 e. The monoisotopic (exact) mass is 337 g/mol. The number of carbonyl (C=O) groups is 1. The highest BCUT2D eigenvalue weighted by atomic mass is 32.1. The highest BCUT2D eigenvalue weighted by Crippen LogP contribution is 2.26. The van der Waals surface area contributed by atoms with Crippen LogP contribution < -0.4 is 10.9 Å². The molecule has 7 heteroatoms. The van der Waals surface area contributed by atoms with Crippen molar-refractivity contribution in [3.8, 4) is 0 Å². The van der Waals surface area contributed by atoms with Crippen LogP contribution in [0, 0.1) is 6.92 Å². The molecular weight excluding hydrogens is 314 g/mol. The molecule has 0 aromatic carbocycles. The molecule has 0 aliphatic carbocycles. The summed E-state index contributed by atoms with van der Waals surface area (Å²) in [5.41, 5.74) is 0.583. The molecule has 1 amide bonds. The third kappa shape index (κ3) is 3.79. The molecule has 0 radical (unpaired) electrons. The van der Waals surface area contributed by atoms with Gasteiger partial charge in [0.2, 0.25) is 0 Å². The number of fused-ring (bicyclic) bond motifs is 1. The number of thiophene rings is 1. The van der Waals surface area contributed by atoms with Crippen LogP contribution in [0.3, 0.4) is 0 Å². The van der Waals surface area contributed by atoms with Crippen LogP contribution in [-0.4, -0.2) is 34.7 Å². The number of hydrogen-bond acceptors (Lipinski definition) is 5. The summed E-state index contributed by atoms with van der Waals surface area (Å²) in [7, 11) is 0. The van der Waals surface area contributed by atoms with E-state index >= 15 is 0 Å². The summed E-state index contributed by atoms with van der Waals surface area (Å²) in [6, 6.07) is 0.0999. The molecule has 2 aromatic heterocycles. The van der Waals surface area contributed by atoms with Crippen molar-refractivity contribution in [2.24, 2.45) is 0 Å². The second-order valence-electron chi connectivity index (χ2n) is 5.46. The van der Waals surface area contributed by atoms with Gasteiger partial charge in [0, 0.05) is 12.6 Å². The molecule has 2 rings (SSSR count). The van der Waals surface area contributed by atoms with Crippen LogP contribution in [-0.2, 0) is 11.3 Å². The van der Waals surface area contributed by atoms with Crippen molar-refractivity contribution >= 4 is 27.5 Å². The molecule has 0 bridgehead atoms. The second-order valence-corrected chi connectivity index (χ2v) is 6.46. The first kappa shape index (κ1) is 17.6. The van der Waals surface area contributed by atoms with Gasteiger partial charge in [-0.15, -0.1) is 11.3 Å². The summed E-state index contributed by atoms with van der Waals surface area (Å²) in [6.45, 7) is 9.23. The lowest BCUT2D eigenvalue weighted by Crippen LogP contribution is -2.31. The molecule has 6 nitrogen and oxygen atoms in total. The summed E-state index contributed by atoms with van der Waals surface area (Å²) in [4.78, 5) is 30.5. The molecule has 0 spiro atoms. The first-order valence-electron chi connectivity index (χ1n) is 7.86. The Hall–Kier alpha value is -1.73. The Morgan fingerprint density at radius 1 is 1.48 bits per heavy atom. The highest BCUT2D eigenvalue weighted by molar-refractivity contribution is 7.20. The number of aryl methyl sites for hydroxylation is 1. The van der Waals surface area contributed by atoms with E-state index in [1.807, 2.05) is 20.8 Å². The SMILES string of the molecule is CCOCCn1cnc2sc(C(=O)NC(C)CC)c(C)c2c1=O. The molecule has 23 heavy (non-hydrogen) atoms. The van der Waals surface area contributed by atoms with Crippen molar-refractivity contribution in [3.05, 3.63) is 27.1 Å². The van der Waals surface area contributed by atoms with Gasteiger partial charge in [-0.1, -0.05) is 6.92 Å². The van der Waals surface area contributed by atoms with Gasteiger partial charge in [-0.25, -0.2) is 4.98 Å². The molecule has 2 heterocycles. The maximum absolute atomic E-state index is 12.6. The molecule has 0 aliphatic heterocycles. The van der Waals surface area contributed by atoms with Gasteiger partial charge in [0.1, 0.15) is 4.83 Å². The van der Waals surface area contributed by atoms with Crippen molar-refractivity contribution in [2.75, 3.05) is 13.2 Å². The lowest BCUT2D eigenvalue weighted by molar-refractivity contribution is 0.0943. The van der Waals surface area contributed by atoms with E-state index < -0.39 is 0 Å². The van der Waals surface area contributed by atoms with Gasteiger partial charge in [-0.05, 0) is 32.8 Å². The molecule has 1 unspecified atom stereocenters. The van der Waals surface area contributed by atoms with E-state index in [4.69, 9.17) is 4.74 Å². The summed E-state index contributed by atoms with van der Waals surface area (Å²) >= 11 is 1.27. The largest absolute Gasteiger partial charge is 0.380 e. The van der Waals surface area contributed by atoms with E-state index in [0.717, 1.165) is 6.42 Å². The van der Waals surface area contributed by atoms with Gasteiger partial charge in [0.05, 0.1) is 29.7 Å². The van der Waals surface area contributed by atoms with Crippen molar-refractivity contribution in [1.82, 2.24) is 14.9 Å². The zero-order valence-corrected chi connectivity index (χ0v) is 14.8. The number of nitrogens with zero attached hydrogens (tertiary/aromatic N) is 2. The van der Waals surface area contributed by atoms with Crippen LogP contribution in [0.25, 0.3) is 10.2 Å². The fourth-order valence-corrected chi connectivity index (χ4v) is 3.28. The molecule has 126 valence electrons. The Balaban J connectivity index is 2.36. The average molecular weight is 337 g/mol. The molecule has 0 saturated heterocycles. The predicted molar refractivity (Wildman–Crippen MR) is 92.3 cm³/mol. The number of ether oxygens (including phenoxy) is 1. The lowest BCUT2D eigenvalue weighted by Gasteiger charge is -2.10. The van der Waals surface area contributed by atoms with E-state index in [-0.39, 0.29) is 17.5 Å². The Morgan fingerprint density at radius 3 is 2.87 bits per heavy atom. The van der Waals surface area contributed by atoms with Crippen molar-refractivity contribution in [1.29, 1.82) is 0 Å². The minimum atomic E-state index is -0.139. The summed E-state index contributed by atoms with van der Waals surface area (Å²) in [5.74, 6) is -0.139. The molecule has 1 N–H and O–H groups in total. The van der Waals surface area contributed by atoms with Gasteiger partial charge in [-0.2, -0.15) is 0 Å². The Kier molecular flexibility index (Phi) is 5.90. The number of rotatable bonds is 7. The quantitative estimate of drug-likeness (QED) is 0.787. The predicted octanol–water partition coefficient (Wildman–Crippen LogP) is 2.33. The third-order valence-electron chi connectivity index (χ3n) is 3.79. The molecule has 0 saturated carbocycles. The maximum Gasteiger partial charge on any atom is 0.262 e. The summed E-state index contributed by atoms with van der Waals surface area (Å²) < 4.78 is 6.82. The standard InChI is InChI=1S/C16H23N3O3S/c1-5-10(3)18-14(20)13-11(4)12-15(23-13)17-9-19(16(12)21)7-8-22-6-2/h9-10H,5-8H2,1-4H3,(H,18,20). The zero-order valence-electron chi connectivity index (χ0n) is 14.0. The van der Waals surface area contributed by atoms with Crippen LogP contribution in [0.4, 0.5) is 0 Å². The molecule has 0 fully saturated rings. The average Bonchev–Trinajstić information content (AvgIpc) is 2.87.